The number of aliphatic hydroxyl groups excluding tert-OH is 2. The van der Waals surface area contributed by atoms with Gasteiger partial charge in [0.05, 0.1) is 5.56 Å². The average molecular weight is 430 g/mol. The zero-order chi connectivity index (χ0) is 22.6. The molecule has 9 heteroatoms. The Bertz CT molecular complexity index is 958. The van der Waals surface area contributed by atoms with Gasteiger partial charge in [-0.05, 0) is 23.8 Å². The fraction of sp³-hybridized carbons (Fsp3) is 0.273. The van der Waals surface area contributed by atoms with Gasteiger partial charge in [0, 0.05) is 7.11 Å². The van der Waals surface area contributed by atoms with E-state index in [1.807, 2.05) is 30.3 Å². The van der Waals surface area contributed by atoms with Crippen LogP contribution in [0.4, 0.5) is 0 Å². The monoisotopic (exact) mass is 430 g/mol. The number of para-hydroxylation sites is 1. The highest BCUT2D eigenvalue weighted by atomic mass is 16.8. The maximum Gasteiger partial charge on any atom is 0.335 e. The molecular formula is C22H22O9. The van der Waals surface area contributed by atoms with E-state index in [-0.39, 0.29) is 11.3 Å². The number of allylic oxidation sites excluding steroid dienone is 1. The third kappa shape index (κ3) is 4.66. The van der Waals surface area contributed by atoms with Crippen molar-refractivity contribution in [3.05, 3.63) is 71.8 Å². The molecule has 0 saturated carbocycles. The van der Waals surface area contributed by atoms with Crippen LogP contribution in [0.5, 0.6) is 5.75 Å². The van der Waals surface area contributed by atoms with Crippen molar-refractivity contribution >= 4 is 17.8 Å². The fourth-order valence-corrected chi connectivity index (χ4v) is 3.11. The van der Waals surface area contributed by atoms with Gasteiger partial charge in [0.25, 0.3) is 12.1 Å². The van der Waals surface area contributed by atoms with Gasteiger partial charge < -0.3 is 34.6 Å². The van der Waals surface area contributed by atoms with E-state index in [2.05, 4.69) is 0 Å². The minimum Gasteiger partial charge on any atom is -0.479 e. The lowest BCUT2D eigenvalue weighted by atomic mass is 9.95. The topological polar surface area (TPSA) is 143 Å². The first-order chi connectivity index (χ1) is 14.8. The highest BCUT2D eigenvalue weighted by Crippen LogP contribution is 2.33. The molecule has 0 amide bonds. The molecule has 2 aromatic rings. The molecule has 9 nitrogen and oxygen atoms in total. The Kier molecular flexibility index (Phi) is 6.84. The number of ether oxygens (including phenoxy) is 3. The molecule has 5 unspecified atom stereocenters. The van der Waals surface area contributed by atoms with Crippen LogP contribution in [0.1, 0.15) is 15.9 Å². The highest BCUT2D eigenvalue weighted by molar-refractivity contribution is 6.08. The molecule has 0 aliphatic carbocycles. The van der Waals surface area contributed by atoms with Crippen LogP contribution in [0.15, 0.2) is 60.7 Å². The summed E-state index contributed by atoms with van der Waals surface area (Å²) in [5, 5.41) is 40.1. The first kappa shape index (κ1) is 22.6. The number of hydrogen-bond acceptors (Lipinski definition) is 8. The summed E-state index contributed by atoms with van der Waals surface area (Å²) in [5.41, 5.74) is 0.907. The Balaban J connectivity index is 1.88. The Hall–Kier alpha value is -3.08. The van der Waals surface area contributed by atoms with E-state index in [1.165, 1.54) is 18.2 Å². The zero-order valence-electron chi connectivity index (χ0n) is 16.5. The number of carboxylic acid groups (broad SMARTS) is 1. The SMILES string of the molecule is COC1(O)C(Oc2ccccc2C(=O)/C=C/c2ccccc2)OC(C(=O)O)C(O)C1O. The molecule has 164 valence electrons. The third-order valence-corrected chi connectivity index (χ3v) is 4.85. The predicted octanol–water partition coefficient (Wildman–Crippen LogP) is 0.828. The van der Waals surface area contributed by atoms with E-state index in [1.54, 1.807) is 18.2 Å². The van der Waals surface area contributed by atoms with E-state index >= 15 is 0 Å². The second-order valence-corrected chi connectivity index (χ2v) is 6.84. The number of carboxylic acids is 1. The van der Waals surface area contributed by atoms with Crippen molar-refractivity contribution in [2.24, 2.45) is 0 Å². The van der Waals surface area contributed by atoms with Crippen LogP contribution in [0.3, 0.4) is 0 Å². The van der Waals surface area contributed by atoms with Crippen molar-refractivity contribution in [2.45, 2.75) is 30.4 Å². The fourth-order valence-electron chi connectivity index (χ4n) is 3.11. The summed E-state index contributed by atoms with van der Waals surface area (Å²) in [6.45, 7) is 0. The number of methoxy groups -OCH3 is 1. The van der Waals surface area contributed by atoms with Crippen LogP contribution in [0.25, 0.3) is 6.08 Å². The van der Waals surface area contributed by atoms with E-state index in [0.717, 1.165) is 12.7 Å². The van der Waals surface area contributed by atoms with Gasteiger partial charge >= 0.3 is 5.97 Å². The van der Waals surface area contributed by atoms with E-state index in [9.17, 15) is 30.0 Å². The summed E-state index contributed by atoms with van der Waals surface area (Å²) in [7, 11) is 1.02. The van der Waals surface area contributed by atoms with E-state index in [4.69, 9.17) is 14.2 Å². The van der Waals surface area contributed by atoms with Gasteiger partial charge in [0.15, 0.2) is 11.9 Å². The minimum absolute atomic E-state index is 0.0431. The Morgan fingerprint density at radius 2 is 1.71 bits per heavy atom. The molecule has 1 aliphatic heterocycles. The maximum absolute atomic E-state index is 12.7. The smallest absolute Gasteiger partial charge is 0.335 e. The minimum atomic E-state index is -2.60. The summed E-state index contributed by atoms with van der Waals surface area (Å²) >= 11 is 0. The number of aliphatic carboxylic acids is 1. The second kappa shape index (κ2) is 9.38. The van der Waals surface area contributed by atoms with Crippen LogP contribution in [-0.4, -0.2) is 69.7 Å². The first-order valence-corrected chi connectivity index (χ1v) is 9.33. The van der Waals surface area contributed by atoms with Crippen molar-refractivity contribution in [2.75, 3.05) is 7.11 Å². The van der Waals surface area contributed by atoms with Gasteiger partial charge in [-0.1, -0.05) is 48.5 Å². The van der Waals surface area contributed by atoms with Gasteiger partial charge in [0.1, 0.15) is 18.0 Å². The lowest BCUT2D eigenvalue weighted by molar-refractivity contribution is -0.390. The van der Waals surface area contributed by atoms with E-state index in [0.29, 0.717) is 0 Å². The molecule has 4 N–H and O–H groups in total. The zero-order valence-corrected chi connectivity index (χ0v) is 16.5. The molecule has 3 rings (SSSR count). The summed E-state index contributed by atoms with van der Waals surface area (Å²) in [6.07, 6.45) is -4.84. The largest absolute Gasteiger partial charge is 0.479 e. The number of rotatable bonds is 7. The third-order valence-electron chi connectivity index (χ3n) is 4.85. The molecule has 1 saturated heterocycles. The van der Waals surface area contributed by atoms with Crippen molar-refractivity contribution in [1.29, 1.82) is 0 Å². The molecule has 0 bridgehead atoms. The van der Waals surface area contributed by atoms with Crippen molar-refractivity contribution < 1.29 is 44.2 Å². The number of hydrogen-bond donors (Lipinski definition) is 4. The molecule has 5 atom stereocenters. The van der Waals surface area contributed by atoms with Crippen molar-refractivity contribution in [1.82, 2.24) is 0 Å². The van der Waals surface area contributed by atoms with Gasteiger partial charge in [-0.15, -0.1) is 0 Å². The molecule has 1 heterocycles. The molecule has 0 aromatic heterocycles. The first-order valence-electron chi connectivity index (χ1n) is 9.33. The quantitative estimate of drug-likeness (QED) is 0.285. The summed E-state index contributed by atoms with van der Waals surface area (Å²) < 4.78 is 15.6. The number of carbonyl (C=O) groups excluding carboxylic acids is 1. The number of ketones is 1. The lowest BCUT2D eigenvalue weighted by Gasteiger charge is -2.45. The maximum atomic E-state index is 12.7. The lowest BCUT2D eigenvalue weighted by Crippen LogP contribution is -2.69. The molecule has 0 spiro atoms. The molecule has 1 aliphatic rings. The van der Waals surface area contributed by atoms with Crippen molar-refractivity contribution in [3.8, 4) is 5.75 Å². The normalized spacial score (nSPS) is 28.4. The van der Waals surface area contributed by atoms with Crippen LogP contribution in [0.2, 0.25) is 0 Å². The van der Waals surface area contributed by atoms with E-state index < -0.39 is 42.1 Å². The number of benzene rings is 2. The highest BCUT2D eigenvalue weighted by Gasteiger charge is 2.59. The number of aliphatic hydroxyl groups is 3. The Labute approximate surface area is 177 Å². The molecule has 2 aromatic carbocycles. The summed E-state index contributed by atoms with van der Waals surface area (Å²) in [4.78, 5) is 24.1. The van der Waals surface area contributed by atoms with Gasteiger partial charge in [0.2, 0.25) is 0 Å². The second-order valence-electron chi connectivity index (χ2n) is 6.84. The van der Waals surface area contributed by atoms with Crippen molar-refractivity contribution in [3.63, 3.8) is 0 Å². The van der Waals surface area contributed by atoms with Gasteiger partial charge in [-0.25, -0.2) is 4.79 Å². The van der Waals surface area contributed by atoms with Gasteiger partial charge in [-0.2, -0.15) is 0 Å². The molecule has 0 radical (unpaired) electrons. The summed E-state index contributed by atoms with van der Waals surface area (Å²) in [5.74, 6) is -4.64. The Morgan fingerprint density at radius 3 is 2.35 bits per heavy atom. The van der Waals surface area contributed by atoms with Crippen LogP contribution in [-0.2, 0) is 14.3 Å². The van der Waals surface area contributed by atoms with Crippen LogP contribution < -0.4 is 4.74 Å². The average Bonchev–Trinajstić information content (AvgIpc) is 2.78. The van der Waals surface area contributed by atoms with Crippen LogP contribution in [0, 0.1) is 0 Å². The van der Waals surface area contributed by atoms with Crippen LogP contribution >= 0.6 is 0 Å². The Morgan fingerprint density at radius 1 is 1.06 bits per heavy atom. The van der Waals surface area contributed by atoms with Gasteiger partial charge in [-0.3, -0.25) is 4.79 Å². The molecule has 31 heavy (non-hydrogen) atoms. The summed E-state index contributed by atoms with van der Waals surface area (Å²) in [6, 6.07) is 15.2. The molecule has 1 fully saturated rings. The predicted molar refractivity (Wildman–Crippen MR) is 107 cm³/mol. The standard InChI is InChI=1S/C22H22O9/c1-29-22(28)19(25)17(24)18(20(26)27)31-21(22)30-16-10-6-5-9-14(16)15(23)12-11-13-7-3-2-4-8-13/h2-12,17-19,21,24-25,28H,1H3,(H,26,27)/b12-11+. The number of carbonyl (C=O) groups is 2. The molecular weight excluding hydrogens is 408 g/mol.